The largest absolute Gasteiger partial charge is 0.460 e. The number of benzene rings is 1. The normalized spacial score (nSPS) is 27.1. The van der Waals surface area contributed by atoms with Gasteiger partial charge in [0, 0.05) is 6.08 Å². The van der Waals surface area contributed by atoms with Gasteiger partial charge >= 0.3 is 5.97 Å². The fourth-order valence-electron chi connectivity index (χ4n) is 1.82. The smallest absolute Gasteiger partial charge is 0.330 e. The van der Waals surface area contributed by atoms with Crippen LogP contribution in [-0.2, 0) is 19.9 Å². The van der Waals surface area contributed by atoms with Crippen LogP contribution in [0.15, 0.2) is 42.5 Å². The maximum atomic E-state index is 11.2. The maximum absolute atomic E-state index is 11.2. The SMILES string of the molecule is CC=CC(=O)OCC1OC1(C)c1ccccc1. The third kappa shape index (κ3) is 2.56. The molecule has 1 aliphatic heterocycles. The number of rotatable bonds is 4. The Balaban J connectivity index is 1.90. The van der Waals surface area contributed by atoms with Gasteiger partial charge in [0.1, 0.15) is 18.3 Å². The van der Waals surface area contributed by atoms with E-state index in [2.05, 4.69) is 0 Å². The van der Waals surface area contributed by atoms with E-state index in [1.54, 1.807) is 13.0 Å². The predicted octanol–water partition coefficient (Wildman–Crippen LogP) is 2.42. The van der Waals surface area contributed by atoms with Gasteiger partial charge in [-0.25, -0.2) is 4.79 Å². The molecule has 0 radical (unpaired) electrons. The Labute approximate surface area is 101 Å². The molecule has 1 aromatic rings. The number of epoxide rings is 1. The van der Waals surface area contributed by atoms with Crippen molar-refractivity contribution >= 4 is 5.97 Å². The molecule has 1 heterocycles. The molecule has 2 rings (SSSR count). The highest BCUT2D eigenvalue weighted by Crippen LogP contribution is 2.45. The van der Waals surface area contributed by atoms with Crippen LogP contribution in [0.5, 0.6) is 0 Å². The Kier molecular flexibility index (Phi) is 3.29. The lowest BCUT2D eigenvalue weighted by molar-refractivity contribution is -0.138. The molecule has 0 amide bonds. The van der Waals surface area contributed by atoms with Gasteiger partial charge in [0.15, 0.2) is 0 Å². The van der Waals surface area contributed by atoms with Crippen molar-refractivity contribution in [2.24, 2.45) is 0 Å². The van der Waals surface area contributed by atoms with Crippen molar-refractivity contribution in [2.75, 3.05) is 6.61 Å². The topological polar surface area (TPSA) is 38.8 Å². The molecule has 17 heavy (non-hydrogen) atoms. The molecule has 0 N–H and O–H groups in total. The molecule has 1 saturated heterocycles. The van der Waals surface area contributed by atoms with Crippen LogP contribution in [0.4, 0.5) is 0 Å². The lowest BCUT2D eigenvalue weighted by atomic mass is 9.98. The average Bonchev–Trinajstić information content (AvgIpc) is 3.01. The Hall–Kier alpha value is -1.61. The molecule has 0 saturated carbocycles. The summed E-state index contributed by atoms with van der Waals surface area (Å²) >= 11 is 0. The van der Waals surface area contributed by atoms with Crippen molar-refractivity contribution in [2.45, 2.75) is 25.6 Å². The summed E-state index contributed by atoms with van der Waals surface area (Å²) in [7, 11) is 0. The predicted molar refractivity (Wildman–Crippen MR) is 64.4 cm³/mol. The van der Waals surface area contributed by atoms with E-state index in [0.29, 0.717) is 6.61 Å². The van der Waals surface area contributed by atoms with Gasteiger partial charge < -0.3 is 9.47 Å². The summed E-state index contributed by atoms with van der Waals surface area (Å²) in [5, 5.41) is 0. The highest BCUT2D eigenvalue weighted by atomic mass is 16.6. The summed E-state index contributed by atoms with van der Waals surface area (Å²) < 4.78 is 10.7. The molecule has 1 aliphatic rings. The number of allylic oxidation sites excluding steroid dienone is 1. The van der Waals surface area contributed by atoms with E-state index in [4.69, 9.17) is 9.47 Å². The first-order valence-electron chi connectivity index (χ1n) is 5.69. The van der Waals surface area contributed by atoms with E-state index in [1.165, 1.54) is 6.08 Å². The summed E-state index contributed by atoms with van der Waals surface area (Å²) in [6.07, 6.45) is 3.02. The Morgan fingerprint density at radius 2 is 2.18 bits per heavy atom. The van der Waals surface area contributed by atoms with Crippen LogP contribution in [0, 0.1) is 0 Å². The molecule has 1 fully saturated rings. The van der Waals surface area contributed by atoms with Gasteiger partial charge in [-0.3, -0.25) is 0 Å². The molecule has 3 nitrogen and oxygen atoms in total. The second-order valence-corrected chi connectivity index (χ2v) is 4.21. The summed E-state index contributed by atoms with van der Waals surface area (Å²) in [5.41, 5.74) is 0.810. The van der Waals surface area contributed by atoms with Crippen molar-refractivity contribution in [3.63, 3.8) is 0 Å². The number of esters is 1. The van der Waals surface area contributed by atoms with Gasteiger partial charge in [-0.2, -0.15) is 0 Å². The Morgan fingerprint density at radius 3 is 2.82 bits per heavy atom. The van der Waals surface area contributed by atoms with Crippen molar-refractivity contribution in [1.82, 2.24) is 0 Å². The van der Waals surface area contributed by atoms with Gasteiger partial charge in [0.25, 0.3) is 0 Å². The van der Waals surface area contributed by atoms with E-state index in [1.807, 2.05) is 37.3 Å². The van der Waals surface area contributed by atoms with Gasteiger partial charge in [0.2, 0.25) is 0 Å². The maximum Gasteiger partial charge on any atom is 0.330 e. The van der Waals surface area contributed by atoms with Gasteiger partial charge in [-0.1, -0.05) is 36.4 Å². The molecular formula is C14H16O3. The van der Waals surface area contributed by atoms with Crippen LogP contribution >= 0.6 is 0 Å². The monoisotopic (exact) mass is 232 g/mol. The fourth-order valence-corrected chi connectivity index (χ4v) is 1.82. The van der Waals surface area contributed by atoms with E-state index in [-0.39, 0.29) is 17.7 Å². The van der Waals surface area contributed by atoms with Crippen LogP contribution in [0.1, 0.15) is 19.4 Å². The third-order valence-electron chi connectivity index (χ3n) is 2.97. The zero-order valence-corrected chi connectivity index (χ0v) is 10.1. The lowest BCUT2D eigenvalue weighted by Gasteiger charge is -2.06. The van der Waals surface area contributed by atoms with Crippen molar-refractivity contribution in [3.8, 4) is 0 Å². The first-order valence-corrected chi connectivity index (χ1v) is 5.69. The highest BCUT2D eigenvalue weighted by Gasteiger charge is 2.54. The summed E-state index contributed by atoms with van der Waals surface area (Å²) in [6, 6.07) is 9.97. The number of ether oxygens (including phenoxy) is 2. The van der Waals surface area contributed by atoms with Crippen LogP contribution in [0.25, 0.3) is 0 Å². The van der Waals surface area contributed by atoms with E-state index in [0.717, 1.165) is 5.56 Å². The number of carbonyl (C=O) groups excluding carboxylic acids is 1. The van der Waals surface area contributed by atoms with Crippen LogP contribution in [0.2, 0.25) is 0 Å². The zero-order chi connectivity index (χ0) is 12.3. The zero-order valence-electron chi connectivity index (χ0n) is 10.1. The summed E-state index contributed by atoms with van der Waals surface area (Å²) in [5.74, 6) is -0.321. The van der Waals surface area contributed by atoms with Gasteiger partial charge in [-0.05, 0) is 19.4 Å². The summed E-state index contributed by atoms with van der Waals surface area (Å²) in [4.78, 5) is 11.2. The van der Waals surface area contributed by atoms with Crippen LogP contribution in [-0.4, -0.2) is 18.7 Å². The molecule has 0 bridgehead atoms. The van der Waals surface area contributed by atoms with Crippen LogP contribution < -0.4 is 0 Å². The second kappa shape index (κ2) is 4.72. The highest BCUT2D eigenvalue weighted by molar-refractivity contribution is 5.81. The van der Waals surface area contributed by atoms with Gasteiger partial charge in [0.05, 0.1) is 0 Å². The molecule has 0 aliphatic carbocycles. The molecule has 2 atom stereocenters. The summed E-state index contributed by atoms with van der Waals surface area (Å²) in [6.45, 7) is 4.09. The minimum absolute atomic E-state index is 0.0425. The quantitative estimate of drug-likeness (QED) is 0.454. The van der Waals surface area contributed by atoms with Crippen molar-refractivity contribution in [3.05, 3.63) is 48.0 Å². The average molecular weight is 232 g/mol. The minimum atomic E-state index is -0.321. The Morgan fingerprint density at radius 1 is 1.47 bits per heavy atom. The van der Waals surface area contributed by atoms with E-state index < -0.39 is 0 Å². The first-order chi connectivity index (χ1) is 8.16. The first kappa shape index (κ1) is 11.9. The molecule has 90 valence electrons. The second-order valence-electron chi connectivity index (χ2n) is 4.21. The standard InChI is InChI=1S/C14H16O3/c1-3-7-13(15)16-10-12-14(2,17-12)11-8-5-4-6-9-11/h3-9,12H,10H2,1-2H3. The molecule has 0 spiro atoms. The number of hydrogen-bond donors (Lipinski definition) is 0. The van der Waals surface area contributed by atoms with E-state index >= 15 is 0 Å². The third-order valence-corrected chi connectivity index (χ3v) is 2.97. The fraction of sp³-hybridized carbons (Fsp3) is 0.357. The molecular weight excluding hydrogens is 216 g/mol. The number of carbonyl (C=O) groups is 1. The lowest BCUT2D eigenvalue weighted by Crippen LogP contribution is -2.14. The van der Waals surface area contributed by atoms with Crippen molar-refractivity contribution in [1.29, 1.82) is 0 Å². The molecule has 2 unspecified atom stereocenters. The number of hydrogen-bond acceptors (Lipinski definition) is 3. The molecule has 3 heteroatoms. The Bertz CT molecular complexity index is 424. The van der Waals surface area contributed by atoms with Gasteiger partial charge in [-0.15, -0.1) is 0 Å². The molecule has 1 aromatic carbocycles. The van der Waals surface area contributed by atoms with Crippen molar-refractivity contribution < 1.29 is 14.3 Å². The minimum Gasteiger partial charge on any atom is -0.460 e. The molecule has 0 aromatic heterocycles. The van der Waals surface area contributed by atoms with E-state index in [9.17, 15) is 4.79 Å². The van der Waals surface area contributed by atoms with Crippen LogP contribution in [0.3, 0.4) is 0 Å².